The summed E-state index contributed by atoms with van der Waals surface area (Å²) in [6.07, 6.45) is 0.721. The monoisotopic (exact) mass is 317 g/mol. The third kappa shape index (κ3) is 4.83. The number of nitrogens with one attached hydrogen (secondary N) is 1. The predicted molar refractivity (Wildman–Crippen MR) is 67.7 cm³/mol. The van der Waals surface area contributed by atoms with E-state index in [9.17, 15) is 14.0 Å². The molecule has 0 aliphatic carbocycles. The van der Waals surface area contributed by atoms with Crippen LogP contribution in [-0.4, -0.2) is 25.5 Å². The maximum Gasteiger partial charge on any atom is 0.305 e. The zero-order chi connectivity index (χ0) is 13.5. The molecule has 0 aliphatic heterocycles. The van der Waals surface area contributed by atoms with Gasteiger partial charge in [0.1, 0.15) is 5.82 Å². The van der Waals surface area contributed by atoms with Crippen molar-refractivity contribution in [1.82, 2.24) is 5.32 Å². The molecule has 6 heteroatoms. The van der Waals surface area contributed by atoms with Gasteiger partial charge in [-0.25, -0.2) is 4.39 Å². The molecule has 1 aromatic rings. The molecule has 0 saturated carbocycles. The summed E-state index contributed by atoms with van der Waals surface area (Å²) in [4.78, 5) is 22.5. The van der Waals surface area contributed by atoms with Crippen LogP contribution >= 0.6 is 15.9 Å². The zero-order valence-electron chi connectivity index (χ0n) is 9.83. The lowest BCUT2D eigenvalue weighted by molar-refractivity contribution is -0.140. The Morgan fingerprint density at radius 2 is 2.11 bits per heavy atom. The van der Waals surface area contributed by atoms with Gasteiger partial charge in [0.15, 0.2) is 0 Å². The minimum absolute atomic E-state index is 0.236. The van der Waals surface area contributed by atoms with Gasteiger partial charge in [0.2, 0.25) is 0 Å². The highest BCUT2D eigenvalue weighted by atomic mass is 79.9. The Labute approximate surface area is 113 Å². The van der Waals surface area contributed by atoms with Crippen LogP contribution in [0.3, 0.4) is 0 Å². The second kappa shape index (κ2) is 7.10. The zero-order valence-corrected chi connectivity index (χ0v) is 11.4. The van der Waals surface area contributed by atoms with Gasteiger partial charge in [-0.15, -0.1) is 0 Å². The van der Waals surface area contributed by atoms with Gasteiger partial charge < -0.3 is 10.1 Å². The molecule has 18 heavy (non-hydrogen) atoms. The van der Waals surface area contributed by atoms with E-state index in [1.807, 2.05) is 0 Å². The summed E-state index contributed by atoms with van der Waals surface area (Å²) in [6.45, 7) is 0.335. The van der Waals surface area contributed by atoms with Gasteiger partial charge in [-0.2, -0.15) is 0 Å². The number of methoxy groups -OCH3 is 1. The highest BCUT2D eigenvalue weighted by Crippen LogP contribution is 2.14. The number of carbonyl (C=O) groups excluding carboxylic acids is 2. The van der Waals surface area contributed by atoms with Crippen LogP contribution in [0.15, 0.2) is 22.7 Å². The molecule has 0 radical (unpaired) electrons. The number of amides is 1. The first-order chi connectivity index (χ1) is 8.52. The summed E-state index contributed by atoms with van der Waals surface area (Å²) in [5.74, 6) is -1.18. The molecule has 98 valence electrons. The first-order valence-electron chi connectivity index (χ1n) is 5.34. The maximum atomic E-state index is 13.1. The summed E-state index contributed by atoms with van der Waals surface area (Å²) in [6, 6.07) is 3.95. The van der Waals surface area contributed by atoms with Gasteiger partial charge in [-0.1, -0.05) is 15.9 Å². The lowest BCUT2D eigenvalue weighted by Gasteiger charge is -2.05. The van der Waals surface area contributed by atoms with Crippen LogP contribution in [0.2, 0.25) is 0 Å². The number of esters is 1. The van der Waals surface area contributed by atoms with Gasteiger partial charge in [-0.05, 0) is 24.6 Å². The number of hydrogen-bond donors (Lipinski definition) is 1. The minimum Gasteiger partial charge on any atom is -0.469 e. The molecule has 0 spiro atoms. The maximum absolute atomic E-state index is 13.1. The Balaban J connectivity index is 2.43. The first-order valence-corrected chi connectivity index (χ1v) is 6.13. The van der Waals surface area contributed by atoms with E-state index in [1.165, 1.54) is 19.2 Å². The normalized spacial score (nSPS) is 9.94. The van der Waals surface area contributed by atoms with Crippen molar-refractivity contribution in [2.75, 3.05) is 13.7 Å². The topological polar surface area (TPSA) is 55.4 Å². The van der Waals surface area contributed by atoms with Crippen molar-refractivity contribution in [2.24, 2.45) is 0 Å². The van der Waals surface area contributed by atoms with Crippen LogP contribution in [0.5, 0.6) is 0 Å². The number of carbonyl (C=O) groups is 2. The molecule has 0 heterocycles. The lowest BCUT2D eigenvalue weighted by Crippen LogP contribution is -2.25. The summed E-state index contributed by atoms with van der Waals surface area (Å²) in [7, 11) is 1.31. The Morgan fingerprint density at radius 1 is 1.39 bits per heavy atom. The molecular formula is C12H13BrFNO3. The Kier molecular flexibility index (Phi) is 5.77. The van der Waals surface area contributed by atoms with E-state index in [0.717, 1.165) is 6.07 Å². The van der Waals surface area contributed by atoms with Gasteiger partial charge in [0.05, 0.1) is 7.11 Å². The molecule has 1 N–H and O–H groups in total. The fourth-order valence-corrected chi connectivity index (χ4v) is 1.79. The smallest absolute Gasteiger partial charge is 0.305 e. The fourth-order valence-electron chi connectivity index (χ4n) is 1.32. The van der Waals surface area contributed by atoms with Crippen LogP contribution in [0.1, 0.15) is 23.2 Å². The molecule has 0 bridgehead atoms. The molecule has 0 saturated heterocycles. The van der Waals surface area contributed by atoms with Crippen molar-refractivity contribution in [3.05, 3.63) is 34.1 Å². The van der Waals surface area contributed by atoms with E-state index in [1.54, 1.807) is 0 Å². The number of hydrogen-bond acceptors (Lipinski definition) is 3. The van der Waals surface area contributed by atoms with Crippen LogP contribution < -0.4 is 5.32 Å². The van der Waals surface area contributed by atoms with Gasteiger partial charge in [0, 0.05) is 23.0 Å². The van der Waals surface area contributed by atoms with Crippen LogP contribution in [0.25, 0.3) is 0 Å². The Hall–Kier alpha value is -1.43. The number of benzene rings is 1. The highest BCUT2D eigenvalue weighted by Gasteiger charge is 2.08. The number of ether oxygens (including phenoxy) is 1. The average molecular weight is 318 g/mol. The van der Waals surface area contributed by atoms with E-state index >= 15 is 0 Å². The van der Waals surface area contributed by atoms with Crippen molar-refractivity contribution in [2.45, 2.75) is 12.8 Å². The number of halogens is 2. The summed E-state index contributed by atoms with van der Waals surface area (Å²) < 4.78 is 18.0. The van der Waals surface area contributed by atoms with Crippen molar-refractivity contribution in [3.63, 3.8) is 0 Å². The first kappa shape index (κ1) is 14.6. The third-order valence-corrected chi connectivity index (χ3v) is 2.65. The van der Waals surface area contributed by atoms with Crippen LogP contribution in [-0.2, 0) is 9.53 Å². The summed E-state index contributed by atoms with van der Waals surface area (Å²) >= 11 is 3.11. The van der Waals surface area contributed by atoms with Crippen molar-refractivity contribution in [3.8, 4) is 0 Å². The van der Waals surface area contributed by atoms with Crippen LogP contribution in [0, 0.1) is 5.82 Å². The van der Waals surface area contributed by atoms with E-state index in [4.69, 9.17) is 0 Å². The highest BCUT2D eigenvalue weighted by molar-refractivity contribution is 9.10. The molecule has 1 aromatic carbocycles. The molecule has 1 amide bonds. The van der Waals surface area contributed by atoms with Crippen molar-refractivity contribution < 1.29 is 18.7 Å². The molecular weight excluding hydrogens is 305 g/mol. The second-order valence-corrected chi connectivity index (χ2v) is 4.51. The van der Waals surface area contributed by atoms with E-state index in [-0.39, 0.29) is 23.9 Å². The Morgan fingerprint density at radius 3 is 2.72 bits per heavy atom. The standard InChI is InChI=1S/C12H13BrFNO3/c1-18-11(16)3-2-4-15-12(17)8-5-9(13)7-10(14)6-8/h5-7H,2-4H2,1H3,(H,15,17). The van der Waals surface area contributed by atoms with Crippen LogP contribution in [0.4, 0.5) is 4.39 Å². The summed E-state index contributed by atoms with van der Waals surface area (Å²) in [5.41, 5.74) is 0.236. The molecule has 0 fully saturated rings. The van der Waals surface area contributed by atoms with Gasteiger partial charge in [0.25, 0.3) is 5.91 Å². The van der Waals surface area contributed by atoms with Gasteiger partial charge in [-0.3, -0.25) is 9.59 Å². The average Bonchev–Trinajstić information content (AvgIpc) is 2.32. The molecule has 0 aliphatic rings. The van der Waals surface area contributed by atoms with E-state index in [0.29, 0.717) is 17.4 Å². The summed E-state index contributed by atoms with van der Waals surface area (Å²) in [5, 5.41) is 2.60. The second-order valence-electron chi connectivity index (χ2n) is 3.59. The molecule has 1 rings (SSSR count). The number of rotatable bonds is 5. The SMILES string of the molecule is COC(=O)CCCNC(=O)c1cc(F)cc(Br)c1. The van der Waals surface area contributed by atoms with Crippen molar-refractivity contribution >= 4 is 27.8 Å². The molecule has 0 atom stereocenters. The minimum atomic E-state index is -0.482. The lowest BCUT2D eigenvalue weighted by atomic mass is 10.2. The predicted octanol–water partition coefficient (Wildman–Crippen LogP) is 2.27. The Bertz CT molecular complexity index is 431. The molecule has 4 nitrogen and oxygen atoms in total. The third-order valence-electron chi connectivity index (χ3n) is 2.20. The van der Waals surface area contributed by atoms with E-state index in [2.05, 4.69) is 26.0 Å². The fraction of sp³-hybridized carbons (Fsp3) is 0.333. The molecule has 0 unspecified atom stereocenters. The van der Waals surface area contributed by atoms with Crippen molar-refractivity contribution in [1.29, 1.82) is 0 Å². The molecule has 0 aromatic heterocycles. The quantitative estimate of drug-likeness (QED) is 0.669. The van der Waals surface area contributed by atoms with E-state index < -0.39 is 5.82 Å². The van der Waals surface area contributed by atoms with Gasteiger partial charge >= 0.3 is 5.97 Å². The largest absolute Gasteiger partial charge is 0.469 e.